The van der Waals surface area contributed by atoms with E-state index in [1.807, 2.05) is 75.4 Å². The van der Waals surface area contributed by atoms with Gasteiger partial charge in [-0.15, -0.1) is 0 Å². The van der Waals surface area contributed by atoms with Crippen LogP contribution in [0.15, 0.2) is 54.6 Å². The number of alkyl carbamates (subject to hydrolysis) is 2. The monoisotopic (exact) mass is 436 g/mol. The van der Waals surface area contributed by atoms with Gasteiger partial charge in [0.15, 0.2) is 0 Å². The molecule has 0 radical (unpaired) electrons. The zero-order valence-corrected chi connectivity index (χ0v) is 19.1. The van der Waals surface area contributed by atoms with E-state index in [0.717, 1.165) is 30.4 Å². The van der Waals surface area contributed by atoms with Crippen molar-refractivity contribution < 1.29 is 19.1 Å². The highest BCUT2D eigenvalue weighted by Crippen LogP contribution is 2.08. The third kappa shape index (κ3) is 11.1. The largest absolute Gasteiger partial charge is 0.445 e. The summed E-state index contributed by atoms with van der Waals surface area (Å²) in [6, 6.07) is 17.6. The minimum atomic E-state index is -0.519. The normalized spacial score (nSPS) is 10.5. The van der Waals surface area contributed by atoms with Crippen LogP contribution in [0.5, 0.6) is 0 Å². The third-order valence-electron chi connectivity index (χ3n) is 4.28. The van der Waals surface area contributed by atoms with E-state index in [2.05, 4.69) is 22.5 Å². The van der Waals surface area contributed by atoms with Gasteiger partial charge in [-0.1, -0.05) is 54.3 Å². The van der Waals surface area contributed by atoms with Crippen LogP contribution < -0.4 is 10.6 Å². The predicted molar refractivity (Wildman–Crippen MR) is 125 cm³/mol. The highest BCUT2D eigenvalue weighted by Gasteiger charge is 2.15. The molecule has 0 saturated carbocycles. The fraction of sp³-hybridized carbons (Fsp3) is 0.385. The molecular formula is C26H32N2O4. The number of ether oxygens (including phenoxy) is 2. The van der Waals surface area contributed by atoms with E-state index in [1.54, 1.807) is 0 Å². The first-order valence-corrected chi connectivity index (χ1v) is 10.8. The third-order valence-corrected chi connectivity index (χ3v) is 4.28. The maximum atomic E-state index is 11.7. The molecule has 0 unspecified atom stereocenters. The van der Waals surface area contributed by atoms with Gasteiger partial charge in [-0.3, -0.25) is 0 Å². The maximum absolute atomic E-state index is 11.7. The summed E-state index contributed by atoms with van der Waals surface area (Å²) in [6.07, 6.45) is 1.90. The number of rotatable bonds is 8. The van der Waals surface area contributed by atoms with Gasteiger partial charge in [-0.05, 0) is 63.3 Å². The van der Waals surface area contributed by atoms with Crippen molar-refractivity contribution in [3.63, 3.8) is 0 Å². The summed E-state index contributed by atoms with van der Waals surface area (Å²) >= 11 is 0. The van der Waals surface area contributed by atoms with E-state index in [9.17, 15) is 9.59 Å². The lowest BCUT2D eigenvalue weighted by Crippen LogP contribution is -2.32. The number of aryl methyl sites for hydroxylation is 1. The Bertz CT molecular complexity index is 907. The average molecular weight is 437 g/mol. The molecule has 6 nitrogen and oxygen atoms in total. The molecule has 2 aromatic rings. The van der Waals surface area contributed by atoms with Crippen LogP contribution in [0.1, 0.15) is 50.3 Å². The second kappa shape index (κ2) is 13.1. The van der Waals surface area contributed by atoms with Crippen LogP contribution in [-0.2, 0) is 22.5 Å². The van der Waals surface area contributed by atoms with Gasteiger partial charge in [0.25, 0.3) is 0 Å². The zero-order valence-electron chi connectivity index (χ0n) is 19.1. The molecule has 0 aliphatic rings. The van der Waals surface area contributed by atoms with E-state index in [4.69, 9.17) is 9.47 Å². The molecule has 0 fully saturated rings. The first-order chi connectivity index (χ1) is 15.3. The Morgan fingerprint density at radius 2 is 1.59 bits per heavy atom. The molecule has 2 amide bonds. The van der Waals surface area contributed by atoms with E-state index >= 15 is 0 Å². The van der Waals surface area contributed by atoms with Crippen LogP contribution in [0.2, 0.25) is 0 Å². The summed E-state index contributed by atoms with van der Waals surface area (Å²) in [5, 5.41) is 5.39. The Morgan fingerprint density at radius 3 is 2.28 bits per heavy atom. The van der Waals surface area contributed by atoms with Crippen molar-refractivity contribution >= 4 is 12.2 Å². The second-order valence-corrected chi connectivity index (χ2v) is 8.30. The van der Waals surface area contributed by atoms with Gasteiger partial charge < -0.3 is 20.1 Å². The van der Waals surface area contributed by atoms with Gasteiger partial charge in [0.05, 0.1) is 6.54 Å². The van der Waals surface area contributed by atoms with Gasteiger partial charge in [0.1, 0.15) is 12.2 Å². The van der Waals surface area contributed by atoms with Crippen LogP contribution in [0, 0.1) is 11.8 Å². The highest BCUT2D eigenvalue weighted by molar-refractivity contribution is 5.68. The highest BCUT2D eigenvalue weighted by atomic mass is 16.6. The summed E-state index contributed by atoms with van der Waals surface area (Å²) in [4.78, 5) is 23.3. The molecule has 2 N–H and O–H groups in total. The van der Waals surface area contributed by atoms with Crippen molar-refractivity contribution in [2.24, 2.45) is 0 Å². The Hall–Kier alpha value is -3.46. The first-order valence-electron chi connectivity index (χ1n) is 10.8. The van der Waals surface area contributed by atoms with Gasteiger partial charge >= 0.3 is 12.2 Å². The van der Waals surface area contributed by atoms with Crippen molar-refractivity contribution in [1.29, 1.82) is 0 Å². The smallest absolute Gasteiger partial charge is 0.408 e. The van der Waals surface area contributed by atoms with Crippen LogP contribution in [-0.4, -0.2) is 30.9 Å². The van der Waals surface area contributed by atoms with Crippen molar-refractivity contribution in [3.05, 3.63) is 71.3 Å². The predicted octanol–water partition coefficient (Wildman–Crippen LogP) is 4.81. The molecular weight excluding hydrogens is 404 g/mol. The summed E-state index contributed by atoms with van der Waals surface area (Å²) in [5.41, 5.74) is 2.56. The van der Waals surface area contributed by atoms with Crippen LogP contribution in [0.4, 0.5) is 9.59 Å². The number of hydrogen-bond donors (Lipinski definition) is 2. The molecule has 2 aromatic carbocycles. The molecule has 0 heterocycles. The van der Waals surface area contributed by atoms with Crippen LogP contribution >= 0.6 is 0 Å². The second-order valence-electron chi connectivity index (χ2n) is 8.30. The van der Waals surface area contributed by atoms with Crippen molar-refractivity contribution in [1.82, 2.24) is 10.6 Å². The molecule has 0 aliphatic heterocycles. The summed E-state index contributed by atoms with van der Waals surface area (Å²) < 4.78 is 10.3. The number of carbonyl (C=O) groups excluding carboxylic acids is 2. The minimum absolute atomic E-state index is 0.234. The maximum Gasteiger partial charge on any atom is 0.408 e. The molecule has 0 aliphatic carbocycles. The summed E-state index contributed by atoms with van der Waals surface area (Å²) in [7, 11) is 0. The lowest BCUT2D eigenvalue weighted by Gasteiger charge is -2.18. The number of carbonyl (C=O) groups is 2. The molecule has 0 saturated heterocycles. The Balaban J connectivity index is 1.58. The lowest BCUT2D eigenvalue weighted by atomic mass is 10.1. The zero-order chi connectivity index (χ0) is 23.2. The number of nitrogens with one attached hydrogen (secondary N) is 2. The molecule has 2 rings (SSSR count). The Morgan fingerprint density at radius 1 is 0.875 bits per heavy atom. The average Bonchev–Trinajstić information content (AvgIpc) is 2.75. The summed E-state index contributed by atoms with van der Waals surface area (Å²) in [5.74, 6) is 5.94. The van der Waals surface area contributed by atoms with Gasteiger partial charge in [-0.25, -0.2) is 9.59 Å². The first kappa shape index (κ1) is 24.8. The van der Waals surface area contributed by atoms with E-state index in [1.165, 1.54) is 5.56 Å². The van der Waals surface area contributed by atoms with E-state index in [-0.39, 0.29) is 13.2 Å². The quantitative estimate of drug-likeness (QED) is 0.460. The van der Waals surface area contributed by atoms with Crippen LogP contribution in [0.3, 0.4) is 0 Å². The number of hydrogen-bond acceptors (Lipinski definition) is 4. The lowest BCUT2D eigenvalue weighted by molar-refractivity contribution is 0.0535. The van der Waals surface area contributed by atoms with E-state index < -0.39 is 17.8 Å². The summed E-state index contributed by atoms with van der Waals surface area (Å²) in [6.45, 7) is 6.55. The van der Waals surface area contributed by atoms with Gasteiger partial charge in [-0.2, -0.15) is 0 Å². The molecule has 0 spiro atoms. The molecule has 32 heavy (non-hydrogen) atoms. The number of benzene rings is 2. The minimum Gasteiger partial charge on any atom is -0.445 e. The van der Waals surface area contributed by atoms with Crippen molar-refractivity contribution in [2.45, 2.75) is 52.2 Å². The van der Waals surface area contributed by atoms with Crippen molar-refractivity contribution in [3.8, 4) is 11.8 Å². The van der Waals surface area contributed by atoms with Crippen LogP contribution in [0.25, 0.3) is 0 Å². The Kier molecular flexibility index (Phi) is 10.1. The van der Waals surface area contributed by atoms with Gasteiger partial charge in [0, 0.05) is 12.1 Å². The Labute approximate surface area is 190 Å². The fourth-order valence-electron chi connectivity index (χ4n) is 2.75. The van der Waals surface area contributed by atoms with E-state index in [0.29, 0.717) is 6.54 Å². The molecule has 170 valence electrons. The molecule has 6 heteroatoms. The molecule has 0 aromatic heterocycles. The fourth-order valence-corrected chi connectivity index (χ4v) is 2.75. The van der Waals surface area contributed by atoms with Crippen molar-refractivity contribution in [2.75, 3.05) is 13.1 Å². The number of unbranched alkanes of at least 4 members (excludes halogenated alkanes) is 1. The number of amides is 2. The molecule has 0 atom stereocenters. The molecule has 0 bridgehead atoms. The standard InChI is InChI=1S/C26H32N2O4/c1-26(2,3)32-25(30)28-19-9-13-22-16-14-21(15-17-22)10-7-8-18-27-24(29)31-20-23-11-5-4-6-12-23/h4-6,11-12,14-17H,7-8,10,18-20H2,1-3H3,(H,27,29)(H,28,30). The topological polar surface area (TPSA) is 76.7 Å². The van der Waals surface area contributed by atoms with Gasteiger partial charge in [0.2, 0.25) is 0 Å². The SMILES string of the molecule is CC(C)(C)OC(=O)NCC#Cc1ccc(CCCCNC(=O)OCc2ccccc2)cc1.